The van der Waals surface area contributed by atoms with Crippen LogP contribution < -0.4 is 15.1 Å². The highest BCUT2D eigenvalue weighted by Gasteiger charge is 2.48. The van der Waals surface area contributed by atoms with Gasteiger partial charge in [-0.3, -0.25) is 29.2 Å². The summed E-state index contributed by atoms with van der Waals surface area (Å²) in [4.78, 5) is 52.7. The van der Waals surface area contributed by atoms with Crippen LogP contribution in [0.4, 0.5) is 24.7 Å². The van der Waals surface area contributed by atoms with Crippen molar-refractivity contribution in [3.05, 3.63) is 107 Å². The molecule has 2 aromatic carbocycles. The minimum atomic E-state index is -2.94. The van der Waals surface area contributed by atoms with Crippen LogP contribution in [0.5, 0.6) is 0 Å². The van der Waals surface area contributed by atoms with Crippen molar-refractivity contribution in [2.45, 2.75) is 49.7 Å². The highest BCUT2D eigenvalue weighted by molar-refractivity contribution is 6.31. The third-order valence-corrected chi connectivity index (χ3v) is 8.52. The van der Waals surface area contributed by atoms with Gasteiger partial charge in [-0.05, 0) is 66.1 Å². The Morgan fingerprint density at radius 2 is 1.79 bits per heavy atom. The Bertz CT molecular complexity index is 1900. The normalized spacial score (nSPS) is 17.8. The van der Waals surface area contributed by atoms with Gasteiger partial charge in [0.25, 0.3) is 11.8 Å². The zero-order chi connectivity index (χ0) is 33.3. The second-order valence-electron chi connectivity index (χ2n) is 11.4. The van der Waals surface area contributed by atoms with E-state index in [1.165, 1.54) is 55.0 Å². The first-order chi connectivity index (χ1) is 22.5. The Kier molecular flexibility index (Phi) is 8.66. The second-order valence-corrected chi connectivity index (χ2v) is 11.8. The van der Waals surface area contributed by atoms with Crippen LogP contribution in [-0.2, 0) is 14.4 Å². The fourth-order valence-electron chi connectivity index (χ4n) is 5.95. The van der Waals surface area contributed by atoms with Crippen molar-refractivity contribution in [3.63, 3.8) is 0 Å². The quantitative estimate of drug-likeness (QED) is 0.248. The number of hydrogen-bond donors (Lipinski definition) is 1. The number of carbonyl (C=O) groups is 3. The standard InChI is InChI=1S/C34H26ClF3N6O3/c35-27-4-2-1-3-26(27)31(32(46)42-24-17-34(37,38)18-24)43(25-15-22(14-23(36)16-25)21-8-10-40-11-9-21)33(47)28-5-6-30(45)44(28)29-13-20(19-39)7-12-41-29/h1-4,7-16,24,28,31H,5-6,17-18H2,(H,42,46)/t28-,31+/m0/s1. The lowest BCUT2D eigenvalue weighted by molar-refractivity contribution is -0.133. The molecule has 2 atom stereocenters. The molecule has 0 bridgehead atoms. The molecule has 1 saturated carbocycles. The smallest absolute Gasteiger partial charge is 0.252 e. The van der Waals surface area contributed by atoms with E-state index in [4.69, 9.17) is 11.6 Å². The molecule has 1 aliphatic heterocycles. The number of benzene rings is 2. The molecule has 0 spiro atoms. The molecule has 1 saturated heterocycles. The van der Waals surface area contributed by atoms with Crippen LogP contribution in [0, 0.1) is 17.1 Å². The van der Waals surface area contributed by atoms with E-state index in [-0.39, 0.29) is 40.5 Å². The summed E-state index contributed by atoms with van der Waals surface area (Å²) in [5.74, 6) is -5.65. The Hall–Kier alpha value is -5.28. The van der Waals surface area contributed by atoms with Gasteiger partial charge in [-0.25, -0.2) is 18.2 Å². The van der Waals surface area contributed by atoms with Crippen molar-refractivity contribution in [2.24, 2.45) is 0 Å². The van der Waals surface area contributed by atoms with Crippen LogP contribution in [0.15, 0.2) is 85.3 Å². The first kappa shape index (κ1) is 31.7. The van der Waals surface area contributed by atoms with Gasteiger partial charge in [-0.15, -0.1) is 0 Å². The van der Waals surface area contributed by atoms with Crippen molar-refractivity contribution in [1.29, 1.82) is 5.26 Å². The maximum absolute atomic E-state index is 15.4. The number of carbonyl (C=O) groups excluding carboxylic acids is 3. The van der Waals surface area contributed by atoms with E-state index in [1.807, 2.05) is 6.07 Å². The maximum Gasteiger partial charge on any atom is 0.252 e. The summed E-state index contributed by atoms with van der Waals surface area (Å²) in [6.45, 7) is 0. The van der Waals surface area contributed by atoms with E-state index in [2.05, 4.69) is 15.3 Å². The Balaban J connectivity index is 1.51. The molecule has 2 fully saturated rings. The third-order valence-electron chi connectivity index (χ3n) is 8.17. The zero-order valence-electron chi connectivity index (χ0n) is 24.6. The molecule has 3 amide bonds. The molecule has 1 N–H and O–H groups in total. The molecule has 2 aliphatic rings. The van der Waals surface area contributed by atoms with E-state index in [0.717, 1.165) is 15.9 Å². The largest absolute Gasteiger partial charge is 0.351 e. The van der Waals surface area contributed by atoms with Gasteiger partial charge < -0.3 is 5.32 Å². The molecule has 238 valence electrons. The predicted octanol–water partition coefficient (Wildman–Crippen LogP) is 5.99. The number of halogens is 4. The molecule has 4 aromatic rings. The number of rotatable bonds is 8. The minimum absolute atomic E-state index is 0.0187. The number of nitriles is 1. The SMILES string of the molecule is N#Cc1ccnc(N2C(=O)CC[C@H]2C(=O)N(c2cc(F)cc(-c3ccncc3)c2)[C@@H](C(=O)NC2CC(F)(F)C2)c2ccccc2Cl)c1. The van der Waals surface area contributed by atoms with Gasteiger partial charge in [0.1, 0.15) is 23.7 Å². The lowest BCUT2D eigenvalue weighted by Crippen LogP contribution is -2.56. The number of nitrogens with one attached hydrogen (secondary N) is 1. The van der Waals surface area contributed by atoms with Crippen LogP contribution in [-0.4, -0.2) is 45.7 Å². The van der Waals surface area contributed by atoms with Gasteiger partial charge in [0, 0.05) is 60.2 Å². The number of amides is 3. The van der Waals surface area contributed by atoms with Crippen molar-refractivity contribution in [3.8, 4) is 17.2 Å². The second kappa shape index (κ2) is 12.8. The van der Waals surface area contributed by atoms with Crippen LogP contribution in [0.25, 0.3) is 11.1 Å². The molecular weight excluding hydrogens is 633 g/mol. The highest BCUT2D eigenvalue weighted by Crippen LogP contribution is 2.40. The Labute approximate surface area is 272 Å². The van der Waals surface area contributed by atoms with E-state index in [9.17, 15) is 28.4 Å². The summed E-state index contributed by atoms with van der Waals surface area (Å²) < 4.78 is 43.0. The van der Waals surface area contributed by atoms with Crippen LogP contribution in [0.1, 0.15) is 42.9 Å². The maximum atomic E-state index is 15.4. The monoisotopic (exact) mass is 658 g/mol. The molecule has 3 heterocycles. The first-order valence-corrected chi connectivity index (χ1v) is 15.1. The Morgan fingerprint density at radius 1 is 1.04 bits per heavy atom. The molecule has 0 unspecified atom stereocenters. The summed E-state index contributed by atoms with van der Waals surface area (Å²) in [6.07, 6.45) is 3.17. The van der Waals surface area contributed by atoms with E-state index in [0.29, 0.717) is 11.1 Å². The Morgan fingerprint density at radius 3 is 2.49 bits per heavy atom. The molecular formula is C34H26ClF3N6O3. The first-order valence-electron chi connectivity index (χ1n) is 14.7. The van der Waals surface area contributed by atoms with Gasteiger partial charge in [0.2, 0.25) is 11.8 Å². The van der Waals surface area contributed by atoms with E-state index in [1.54, 1.807) is 24.3 Å². The van der Waals surface area contributed by atoms with Gasteiger partial charge in [0.15, 0.2) is 0 Å². The zero-order valence-corrected chi connectivity index (χ0v) is 25.4. The average Bonchev–Trinajstić information content (AvgIpc) is 3.44. The van der Waals surface area contributed by atoms with Gasteiger partial charge in [-0.1, -0.05) is 29.8 Å². The highest BCUT2D eigenvalue weighted by atomic mass is 35.5. The average molecular weight is 659 g/mol. The molecule has 6 rings (SSSR count). The lowest BCUT2D eigenvalue weighted by Gasteiger charge is -2.39. The van der Waals surface area contributed by atoms with Crippen molar-refractivity contribution < 1.29 is 27.6 Å². The van der Waals surface area contributed by atoms with Gasteiger partial charge in [-0.2, -0.15) is 5.26 Å². The molecule has 0 radical (unpaired) electrons. The van der Waals surface area contributed by atoms with E-state index >= 15 is 4.39 Å². The topological polar surface area (TPSA) is 119 Å². The molecule has 47 heavy (non-hydrogen) atoms. The van der Waals surface area contributed by atoms with Crippen molar-refractivity contribution >= 4 is 40.8 Å². The van der Waals surface area contributed by atoms with Crippen molar-refractivity contribution in [1.82, 2.24) is 15.3 Å². The van der Waals surface area contributed by atoms with Gasteiger partial charge >= 0.3 is 0 Å². The van der Waals surface area contributed by atoms with Crippen LogP contribution in [0.3, 0.4) is 0 Å². The van der Waals surface area contributed by atoms with Crippen LogP contribution >= 0.6 is 11.6 Å². The number of hydrogen-bond acceptors (Lipinski definition) is 6. The van der Waals surface area contributed by atoms with Crippen LogP contribution in [0.2, 0.25) is 5.02 Å². The molecule has 13 heteroatoms. The molecule has 2 aromatic heterocycles. The summed E-state index contributed by atoms with van der Waals surface area (Å²) in [5, 5.41) is 12.2. The third kappa shape index (κ3) is 6.53. The van der Waals surface area contributed by atoms with Gasteiger partial charge in [0.05, 0.1) is 11.6 Å². The number of nitrogens with zero attached hydrogens (tertiary/aromatic N) is 5. The summed E-state index contributed by atoms with van der Waals surface area (Å²) >= 11 is 6.60. The fraction of sp³-hybridized carbons (Fsp3) is 0.235. The fourth-order valence-corrected chi connectivity index (χ4v) is 6.19. The number of pyridine rings is 2. The lowest BCUT2D eigenvalue weighted by atomic mass is 9.87. The molecule has 9 nitrogen and oxygen atoms in total. The van der Waals surface area contributed by atoms with Crippen molar-refractivity contribution in [2.75, 3.05) is 9.80 Å². The number of alkyl halides is 2. The summed E-state index contributed by atoms with van der Waals surface area (Å²) in [6, 6.07) is 14.5. The minimum Gasteiger partial charge on any atom is -0.351 e. The van der Waals surface area contributed by atoms with E-state index < -0.39 is 60.4 Å². The summed E-state index contributed by atoms with van der Waals surface area (Å²) in [5.41, 5.74) is 1.24. The predicted molar refractivity (Wildman–Crippen MR) is 167 cm³/mol. The number of aromatic nitrogens is 2. The molecule has 1 aliphatic carbocycles. The summed E-state index contributed by atoms with van der Waals surface area (Å²) in [7, 11) is 0. The number of anilines is 2.